The Morgan fingerprint density at radius 1 is 0.750 bits per heavy atom. The minimum Gasteiger partial charge on any atom is -0.495 e. The van der Waals surface area contributed by atoms with Gasteiger partial charge in [-0.15, -0.1) is 12.9 Å². The van der Waals surface area contributed by atoms with Gasteiger partial charge in [-0.3, -0.25) is 0 Å². The lowest BCUT2D eigenvalue weighted by Gasteiger charge is -2.24. The van der Waals surface area contributed by atoms with Crippen molar-refractivity contribution in [1.82, 2.24) is 0 Å². The SMILES string of the molecule is CCN(Cc1ccccc1)c1ccc(N=Nc2cc(S(=O)(=O)F)ccc2OC)c(C)c1.COc1ccc(S(=O)(=O)F)cc1N. The number of benzene rings is 4. The molecule has 4 aromatic carbocycles. The highest BCUT2D eigenvalue weighted by molar-refractivity contribution is 7.86. The summed E-state index contributed by atoms with van der Waals surface area (Å²) in [5.41, 5.74) is 9.39. The Kier molecular flexibility index (Phi) is 11.4. The maximum atomic E-state index is 13.3. The molecule has 0 radical (unpaired) electrons. The topological polar surface area (TPSA) is 141 Å². The van der Waals surface area contributed by atoms with Crippen molar-refractivity contribution in [1.29, 1.82) is 0 Å². The zero-order chi connectivity index (χ0) is 32.5. The lowest BCUT2D eigenvalue weighted by atomic mass is 10.1. The van der Waals surface area contributed by atoms with Gasteiger partial charge >= 0.3 is 20.4 Å². The van der Waals surface area contributed by atoms with Gasteiger partial charge in [0.1, 0.15) is 27.0 Å². The molecule has 4 aromatic rings. The highest BCUT2D eigenvalue weighted by Crippen LogP contribution is 2.33. The predicted molar refractivity (Wildman–Crippen MR) is 166 cm³/mol. The summed E-state index contributed by atoms with van der Waals surface area (Å²) in [6.07, 6.45) is 0. The fourth-order valence-corrected chi connectivity index (χ4v) is 4.99. The minimum atomic E-state index is -4.85. The van der Waals surface area contributed by atoms with Crippen LogP contribution in [0.3, 0.4) is 0 Å². The summed E-state index contributed by atoms with van der Waals surface area (Å²) < 4.78 is 78.9. The zero-order valence-electron chi connectivity index (χ0n) is 24.4. The van der Waals surface area contributed by atoms with Crippen LogP contribution in [0.5, 0.6) is 11.5 Å². The van der Waals surface area contributed by atoms with Crippen molar-refractivity contribution in [3.8, 4) is 11.5 Å². The first kappa shape index (κ1) is 33.9. The molecular weight excluding hydrogens is 614 g/mol. The number of rotatable bonds is 10. The van der Waals surface area contributed by atoms with Crippen LogP contribution < -0.4 is 20.1 Å². The molecule has 0 aromatic heterocycles. The number of hydrogen-bond acceptors (Lipinski definition) is 10. The number of hydrogen-bond donors (Lipinski definition) is 1. The van der Waals surface area contributed by atoms with Gasteiger partial charge in [0.2, 0.25) is 0 Å². The second-order valence-corrected chi connectivity index (χ2v) is 12.0. The first-order valence-electron chi connectivity index (χ1n) is 13.1. The molecule has 0 aliphatic carbocycles. The van der Waals surface area contributed by atoms with E-state index in [1.807, 2.05) is 43.3 Å². The van der Waals surface area contributed by atoms with Gasteiger partial charge in [0.05, 0.1) is 25.6 Å². The van der Waals surface area contributed by atoms with Crippen molar-refractivity contribution in [2.45, 2.75) is 30.2 Å². The molecule has 10 nitrogen and oxygen atoms in total. The first-order valence-corrected chi connectivity index (χ1v) is 15.9. The maximum Gasteiger partial charge on any atom is 0.332 e. The molecule has 0 aliphatic heterocycles. The number of nitrogen functional groups attached to an aromatic ring is 1. The van der Waals surface area contributed by atoms with Crippen molar-refractivity contribution >= 4 is 43.2 Å². The molecule has 14 heteroatoms. The van der Waals surface area contributed by atoms with Crippen LogP contribution in [-0.4, -0.2) is 37.6 Å². The standard InChI is InChI=1S/C23H24FN3O3S.C7H8FNO3S/c1-4-27(16-18-8-6-5-7-9-18)19-10-12-21(17(2)14-19)25-26-22-15-20(31(24,28)29)11-13-23(22)30-3;1-12-7-3-2-5(4-6(7)9)13(8,10)11/h5-15H,4,16H2,1-3H3;2-4H,9H2,1H3. The van der Waals surface area contributed by atoms with Gasteiger partial charge in [0.15, 0.2) is 0 Å². The number of nitrogens with zero attached hydrogens (tertiary/aromatic N) is 3. The molecule has 0 saturated heterocycles. The second kappa shape index (κ2) is 14.8. The molecule has 0 amide bonds. The van der Waals surface area contributed by atoms with Crippen LogP contribution in [0.2, 0.25) is 0 Å². The van der Waals surface area contributed by atoms with Crippen LogP contribution in [0.15, 0.2) is 105 Å². The molecule has 44 heavy (non-hydrogen) atoms. The van der Waals surface area contributed by atoms with E-state index in [4.69, 9.17) is 15.2 Å². The molecule has 0 heterocycles. The summed E-state index contributed by atoms with van der Waals surface area (Å²) in [5, 5.41) is 8.33. The molecule has 0 aliphatic rings. The molecular formula is C30H32F2N4O6S2. The van der Waals surface area contributed by atoms with E-state index in [0.717, 1.165) is 48.6 Å². The van der Waals surface area contributed by atoms with E-state index in [0.29, 0.717) is 17.2 Å². The van der Waals surface area contributed by atoms with Crippen LogP contribution in [0.25, 0.3) is 0 Å². The van der Waals surface area contributed by atoms with Gasteiger partial charge in [-0.2, -0.15) is 21.9 Å². The summed E-state index contributed by atoms with van der Waals surface area (Å²) in [4.78, 5) is 1.29. The molecule has 0 fully saturated rings. The van der Waals surface area contributed by atoms with Gasteiger partial charge in [0, 0.05) is 18.8 Å². The fraction of sp³-hybridized carbons (Fsp3) is 0.200. The Balaban J connectivity index is 0.000000340. The smallest absolute Gasteiger partial charge is 0.332 e. The first-order chi connectivity index (χ1) is 20.8. The Morgan fingerprint density at radius 3 is 1.84 bits per heavy atom. The molecule has 0 atom stereocenters. The van der Waals surface area contributed by atoms with Crippen LogP contribution >= 0.6 is 0 Å². The Labute approximate surface area is 256 Å². The molecule has 4 rings (SSSR count). The number of nitrogens with two attached hydrogens (primary N) is 1. The number of ether oxygens (including phenoxy) is 2. The average molecular weight is 647 g/mol. The summed E-state index contributed by atoms with van der Waals surface area (Å²) in [7, 11) is -6.73. The van der Waals surface area contributed by atoms with E-state index >= 15 is 0 Å². The Morgan fingerprint density at radius 2 is 1.32 bits per heavy atom. The Bertz CT molecular complexity index is 1840. The van der Waals surface area contributed by atoms with Crippen LogP contribution in [0, 0.1) is 6.92 Å². The number of anilines is 2. The van der Waals surface area contributed by atoms with Crippen LogP contribution in [0.1, 0.15) is 18.1 Å². The molecule has 2 N–H and O–H groups in total. The lowest BCUT2D eigenvalue weighted by Crippen LogP contribution is -2.21. The van der Waals surface area contributed by atoms with Crippen molar-refractivity contribution in [2.24, 2.45) is 10.2 Å². The number of azo groups is 1. The number of methoxy groups -OCH3 is 2. The minimum absolute atomic E-state index is 0.0845. The average Bonchev–Trinajstić information content (AvgIpc) is 2.99. The third-order valence-corrected chi connectivity index (χ3v) is 7.96. The van der Waals surface area contributed by atoms with E-state index in [2.05, 4.69) is 34.2 Å². The van der Waals surface area contributed by atoms with Crippen LogP contribution in [0.4, 0.5) is 30.5 Å². The Hall–Kier alpha value is -4.56. The molecule has 234 valence electrons. The van der Waals surface area contributed by atoms with E-state index in [1.54, 1.807) is 0 Å². The van der Waals surface area contributed by atoms with Gasteiger partial charge in [-0.05, 0) is 79.6 Å². The molecule has 0 unspecified atom stereocenters. The largest absolute Gasteiger partial charge is 0.495 e. The second-order valence-electron chi connectivity index (χ2n) is 9.28. The van der Waals surface area contributed by atoms with Crippen molar-refractivity contribution in [3.63, 3.8) is 0 Å². The van der Waals surface area contributed by atoms with Crippen molar-refractivity contribution < 1.29 is 34.1 Å². The number of halogens is 2. The van der Waals surface area contributed by atoms with Crippen molar-refractivity contribution in [2.75, 3.05) is 31.4 Å². The van der Waals surface area contributed by atoms with Gasteiger partial charge in [0.25, 0.3) is 0 Å². The van der Waals surface area contributed by atoms with Gasteiger partial charge < -0.3 is 20.1 Å². The maximum absolute atomic E-state index is 13.3. The van der Waals surface area contributed by atoms with Crippen molar-refractivity contribution in [3.05, 3.63) is 96.1 Å². The fourth-order valence-electron chi connectivity index (χ4n) is 4.01. The third kappa shape index (κ3) is 9.22. The molecule has 0 saturated carbocycles. The molecule has 0 spiro atoms. The summed E-state index contributed by atoms with van der Waals surface area (Å²) in [5.74, 6) is 0.609. The van der Waals surface area contributed by atoms with E-state index < -0.39 is 30.2 Å². The predicted octanol–water partition coefficient (Wildman–Crippen LogP) is 7.04. The van der Waals surface area contributed by atoms with E-state index in [9.17, 15) is 24.6 Å². The van der Waals surface area contributed by atoms with E-state index in [1.165, 1.54) is 31.9 Å². The lowest BCUT2D eigenvalue weighted by molar-refractivity contribution is 0.415. The highest BCUT2D eigenvalue weighted by Gasteiger charge is 2.16. The number of aryl methyl sites for hydroxylation is 1. The third-order valence-electron chi connectivity index (χ3n) is 6.32. The molecule has 0 bridgehead atoms. The summed E-state index contributed by atoms with van der Waals surface area (Å²) in [6.45, 7) is 5.66. The highest BCUT2D eigenvalue weighted by atomic mass is 32.3. The normalized spacial score (nSPS) is 11.5. The summed E-state index contributed by atoms with van der Waals surface area (Å²) >= 11 is 0. The van der Waals surface area contributed by atoms with Gasteiger partial charge in [-0.1, -0.05) is 30.3 Å². The quantitative estimate of drug-likeness (QED) is 0.110. The van der Waals surface area contributed by atoms with Crippen LogP contribution in [-0.2, 0) is 27.0 Å². The van der Waals surface area contributed by atoms with Gasteiger partial charge in [-0.25, -0.2) is 0 Å². The summed E-state index contributed by atoms with van der Waals surface area (Å²) in [6, 6.07) is 23.0. The zero-order valence-corrected chi connectivity index (χ0v) is 26.1. The van der Waals surface area contributed by atoms with E-state index in [-0.39, 0.29) is 11.4 Å². The monoisotopic (exact) mass is 646 g/mol.